The summed E-state index contributed by atoms with van der Waals surface area (Å²) in [4.78, 5) is 16.1. The molecule has 0 radical (unpaired) electrons. The van der Waals surface area contributed by atoms with Gasteiger partial charge in [0.05, 0.1) is 24.6 Å². The van der Waals surface area contributed by atoms with E-state index in [9.17, 15) is 4.79 Å². The van der Waals surface area contributed by atoms with Crippen LogP contribution in [0.25, 0.3) is 5.69 Å². The van der Waals surface area contributed by atoms with Crippen molar-refractivity contribution in [1.29, 1.82) is 0 Å². The lowest BCUT2D eigenvalue weighted by molar-refractivity contribution is -0.121. The van der Waals surface area contributed by atoms with Crippen LogP contribution in [0.15, 0.2) is 61.1 Å². The van der Waals surface area contributed by atoms with Gasteiger partial charge in [-0.25, -0.2) is 4.68 Å². The van der Waals surface area contributed by atoms with E-state index in [2.05, 4.69) is 20.6 Å². The molecule has 1 atom stereocenters. The number of rotatable bonds is 6. The van der Waals surface area contributed by atoms with Crippen molar-refractivity contribution in [3.63, 3.8) is 0 Å². The Kier molecular flexibility index (Phi) is 4.96. The Labute approximate surface area is 140 Å². The summed E-state index contributed by atoms with van der Waals surface area (Å²) in [5, 5.41) is 11.0. The first-order valence-electron chi connectivity index (χ1n) is 7.85. The molecular formula is C18H19N5O. The second kappa shape index (κ2) is 7.50. The highest BCUT2D eigenvalue weighted by molar-refractivity contribution is 5.76. The van der Waals surface area contributed by atoms with Gasteiger partial charge in [0.1, 0.15) is 5.69 Å². The molecule has 6 heteroatoms. The summed E-state index contributed by atoms with van der Waals surface area (Å²) < 4.78 is 1.64. The van der Waals surface area contributed by atoms with Crippen molar-refractivity contribution in [2.24, 2.45) is 0 Å². The van der Waals surface area contributed by atoms with Crippen LogP contribution in [0.2, 0.25) is 0 Å². The molecule has 0 fully saturated rings. The van der Waals surface area contributed by atoms with E-state index in [4.69, 9.17) is 0 Å². The van der Waals surface area contributed by atoms with E-state index in [1.165, 1.54) is 0 Å². The number of nitrogens with one attached hydrogen (secondary N) is 1. The second-order valence-electron chi connectivity index (χ2n) is 5.66. The predicted molar refractivity (Wildman–Crippen MR) is 90.5 cm³/mol. The van der Waals surface area contributed by atoms with Crippen LogP contribution >= 0.6 is 0 Å². The lowest BCUT2D eigenvalue weighted by Gasteiger charge is -2.11. The standard InChI is InChI=1S/C18H19N5O/c1-14(15-6-3-2-4-7-15)10-18(24)20-11-16-13-23(22-21-16)17-8-5-9-19-12-17/h2-9,12-14H,10-11H2,1H3,(H,20,24). The molecule has 0 aliphatic carbocycles. The maximum Gasteiger partial charge on any atom is 0.220 e. The van der Waals surface area contributed by atoms with Crippen LogP contribution in [0.4, 0.5) is 0 Å². The van der Waals surface area contributed by atoms with Gasteiger partial charge in [0.25, 0.3) is 0 Å². The topological polar surface area (TPSA) is 72.7 Å². The molecule has 1 unspecified atom stereocenters. The zero-order chi connectivity index (χ0) is 16.8. The van der Waals surface area contributed by atoms with E-state index in [0.29, 0.717) is 18.7 Å². The van der Waals surface area contributed by atoms with Crippen LogP contribution in [-0.4, -0.2) is 25.9 Å². The fourth-order valence-electron chi connectivity index (χ4n) is 2.43. The molecule has 0 spiro atoms. The average molecular weight is 321 g/mol. The number of amides is 1. The zero-order valence-electron chi connectivity index (χ0n) is 13.5. The minimum absolute atomic E-state index is 0.00211. The summed E-state index contributed by atoms with van der Waals surface area (Å²) >= 11 is 0. The molecule has 2 aromatic heterocycles. The quantitative estimate of drug-likeness (QED) is 0.757. The molecule has 1 amide bonds. The third kappa shape index (κ3) is 4.04. The van der Waals surface area contributed by atoms with Crippen molar-refractivity contribution in [2.45, 2.75) is 25.8 Å². The van der Waals surface area contributed by atoms with Gasteiger partial charge in [0.2, 0.25) is 5.91 Å². The minimum Gasteiger partial charge on any atom is -0.350 e. The number of hydrogen-bond acceptors (Lipinski definition) is 4. The molecule has 0 aliphatic rings. The van der Waals surface area contributed by atoms with Gasteiger partial charge < -0.3 is 5.32 Å². The van der Waals surface area contributed by atoms with Gasteiger partial charge in [-0.05, 0) is 23.6 Å². The van der Waals surface area contributed by atoms with Crippen molar-refractivity contribution in [2.75, 3.05) is 0 Å². The highest BCUT2D eigenvalue weighted by atomic mass is 16.1. The van der Waals surface area contributed by atoms with Gasteiger partial charge in [0.15, 0.2) is 0 Å². The molecule has 6 nitrogen and oxygen atoms in total. The number of carbonyl (C=O) groups is 1. The molecule has 3 rings (SSSR count). The van der Waals surface area contributed by atoms with E-state index in [0.717, 1.165) is 11.3 Å². The van der Waals surface area contributed by atoms with Gasteiger partial charge in [-0.15, -0.1) is 5.10 Å². The van der Waals surface area contributed by atoms with Gasteiger partial charge in [0, 0.05) is 12.6 Å². The summed E-state index contributed by atoms with van der Waals surface area (Å²) in [6, 6.07) is 13.8. The molecule has 1 aromatic carbocycles. The highest BCUT2D eigenvalue weighted by Gasteiger charge is 2.11. The van der Waals surface area contributed by atoms with Gasteiger partial charge in [-0.2, -0.15) is 0 Å². The first kappa shape index (κ1) is 15.9. The lowest BCUT2D eigenvalue weighted by Crippen LogP contribution is -2.24. The maximum atomic E-state index is 12.1. The molecule has 0 saturated carbocycles. The van der Waals surface area contributed by atoms with Crippen LogP contribution in [-0.2, 0) is 11.3 Å². The predicted octanol–water partition coefficient (Wildman–Crippen LogP) is 2.47. The first-order valence-corrected chi connectivity index (χ1v) is 7.85. The Morgan fingerprint density at radius 2 is 2.04 bits per heavy atom. The zero-order valence-corrected chi connectivity index (χ0v) is 13.5. The Hall–Kier alpha value is -3.02. The monoisotopic (exact) mass is 321 g/mol. The van der Waals surface area contributed by atoms with Crippen molar-refractivity contribution in [3.05, 3.63) is 72.3 Å². The van der Waals surface area contributed by atoms with Gasteiger partial charge in [-0.1, -0.05) is 42.5 Å². The van der Waals surface area contributed by atoms with Crippen LogP contribution < -0.4 is 5.32 Å². The van der Waals surface area contributed by atoms with Crippen molar-refractivity contribution in [1.82, 2.24) is 25.3 Å². The van der Waals surface area contributed by atoms with Crippen molar-refractivity contribution >= 4 is 5.91 Å². The van der Waals surface area contributed by atoms with Crippen LogP contribution in [0, 0.1) is 0 Å². The molecule has 122 valence electrons. The number of hydrogen-bond donors (Lipinski definition) is 1. The van der Waals surface area contributed by atoms with E-state index < -0.39 is 0 Å². The fourth-order valence-corrected chi connectivity index (χ4v) is 2.43. The van der Waals surface area contributed by atoms with E-state index in [-0.39, 0.29) is 11.8 Å². The number of nitrogens with zero attached hydrogens (tertiary/aromatic N) is 4. The summed E-state index contributed by atoms with van der Waals surface area (Å²) in [7, 11) is 0. The van der Waals surface area contributed by atoms with Crippen LogP contribution in [0.1, 0.15) is 30.5 Å². The Morgan fingerprint density at radius 1 is 1.21 bits per heavy atom. The summed E-state index contributed by atoms with van der Waals surface area (Å²) in [6.45, 7) is 2.41. The summed E-state index contributed by atoms with van der Waals surface area (Å²) in [6.07, 6.45) is 5.65. The fraction of sp³-hybridized carbons (Fsp3) is 0.222. The number of carbonyl (C=O) groups excluding carboxylic acids is 1. The number of aromatic nitrogens is 4. The molecule has 3 aromatic rings. The smallest absolute Gasteiger partial charge is 0.220 e. The summed E-state index contributed by atoms with van der Waals surface area (Å²) in [5.74, 6) is 0.180. The summed E-state index contributed by atoms with van der Waals surface area (Å²) in [5.41, 5.74) is 2.70. The maximum absolute atomic E-state index is 12.1. The normalized spacial score (nSPS) is 11.9. The Morgan fingerprint density at radius 3 is 2.79 bits per heavy atom. The van der Waals surface area contributed by atoms with E-state index in [1.807, 2.05) is 49.4 Å². The third-order valence-corrected chi connectivity index (χ3v) is 3.78. The van der Waals surface area contributed by atoms with Crippen molar-refractivity contribution in [3.8, 4) is 5.69 Å². The van der Waals surface area contributed by atoms with Crippen molar-refractivity contribution < 1.29 is 4.79 Å². The molecular weight excluding hydrogens is 302 g/mol. The minimum atomic E-state index is 0.00211. The second-order valence-corrected chi connectivity index (χ2v) is 5.66. The largest absolute Gasteiger partial charge is 0.350 e. The molecule has 1 N–H and O–H groups in total. The van der Waals surface area contributed by atoms with E-state index in [1.54, 1.807) is 23.3 Å². The van der Waals surface area contributed by atoms with Gasteiger partial charge in [-0.3, -0.25) is 9.78 Å². The SMILES string of the molecule is CC(CC(=O)NCc1cn(-c2cccnc2)nn1)c1ccccc1. The average Bonchev–Trinajstić information content (AvgIpc) is 3.10. The Balaban J connectivity index is 1.53. The lowest BCUT2D eigenvalue weighted by atomic mass is 9.98. The highest BCUT2D eigenvalue weighted by Crippen LogP contribution is 2.18. The van der Waals surface area contributed by atoms with Crippen LogP contribution in [0.3, 0.4) is 0 Å². The molecule has 24 heavy (non-hydrogen) atoms. The number of benzene rings is 1. The third-order valence-electron chi connectivity index (χ3n) is 3.78. The molecule has 0 saturated heterocycles. The molecule has 0 bridgehead atoms. The number of pyridine rings is 1. The van der Waals surface area contributed by atoms with E-state index >= 15 is 0 Å². The first-order chi connectivity index (χ1) is 11.7. The molecule has 2 heterocycles. The Bertz CT molecular complexity index is 785. The van der Waals surface area contributed by atoms with Gasteiger partial charge >= 0.3 is 0 Å². The molecule has 0 aliphatic heterocycles. The van der Waals surface area contributed by atoms with Crippen LogP contribution in [0.5, 0.6) is 0 Å².